The molecule has 1 aromatic carbocycles. The smallest absolute Gasteiger partial charge is 0.240 e. The molecule has 1 heterocycles. The van der Waals surface area contributed by atoms with Gasteiger partial charge in [-0.15, -0.1) is 0 Å². The third-order valence-electron chi connectivity index (χ3n) is 4.53. The predicted octanol–water partition coefficient (Wildman–Crippen LogP) is 0.328. The lowest BCUT2D eigenvalue weighted by Crippen LogP contribution is -2.51. The van der Waals surface area contributed by atoms with Gasteiger partial charge in [-0.2, -0.15) is 0 Å². The van der Waals surface area contributed by atoms with Gasteiger partial charge in [0.25, 0.3) is 0 Å². The van der Waals surface area contributed by atoms with Crippen molar-refractivity contribution in [3.63, 3.8) is 0 Å². The number of ether oxygens (including phenoxy) is 1. The van der Waals surface area contributed by atoms with E-state index in [-0.39, 0.29) is 10.9 Å². The van der Waals surface area contributed by atoms with Crippen molar-refractivity contribution in [1.82, 2.24) is 9.62 Å². The molecule has 2 fully saturated rings. The molecule has 1 aromatic rings. The Balaban J connectivity index is 1.67. The summed E-state index contributed by atoms with van der Waals surface area (Å²) in [6.07, 6.45) is 0.546. The van der Waals surface area contributed by atoms with Crippen LogP contribution in [-0.2, 0) is 14.8 Å². The van der Waals surface area contributed by atoms with Gasteiger partial charge in [-0.05, 0) is 37.1 Å². The zero-order valence-electron chi connectivity index (χ0n) is 12.7. The Labute approximate surface area is 135 Å². The molecular formula is C15H21FN2O4S. The largest absolute Gasteiger partial charge is 0.390 e. The molecule has 128 valence electrons. The normalized spacial score (nSPS) is 29.7. The fourth-order valence-electron chi connectivity index (χ4n) is 3.28. The first-order chi connectivity index (χ1) is 11.0. The van der Waals surface area contributed by atoms with Gasteiger partial charge in [0.2, 0.25) is 10.0 Å². The van der Waals surface area contributed by atoms with Crippen molar-refractivity contribution in [3.05, 3.63) is 30.1 Å². The van der Waals surface area contributed by atoms with Crippen LogP contribution in [-0.4, -0.2) is 62.9 Å². The molecule has 3 atom stereocenters. The van der Waals surface area contributed by atoms with E-state index in [0.717, 1.165) is 31.6 Å². The fourth-order valence-corrected chi connectivity index (χ4v) is 4.56. The highest BCUT2D eigenvalue weighted by Crippen LogP contribution is 2.27. The van der Waals surface area contributed by atoms with Gasteiger partial charge in [-0.1, -0.05) is 0 Å². The molecule has 1 saturated carbocycles. The number of hydrogen-bond acceptors (Lipinski definition) is 5. The van der Waals surface area contributed by atoms with Crippen LogP contribution in [0.4, 0.5) is 4.39 Å². The summed E-state index contributed by atoms with van der Waals surface area (Å²) in [6.45, 7) is 2.77. The van der Waals surface area contributed by atoms with Crippen molar-refractivity contribution >= 4 is 10.0 Å². The molecule has 0 amide bonds. The van der Waals surface area contributed by atoms with Gasteiger partial charge in [-0.25, -0.2) is 17.5 Å². The average molecular weight is 344 g/mol. The minimum Gasteiger partial charge on any atom is -0.390 e. The highest BCUT2D eigenvalue weighted by molar-refractivity contribution is 7.89. The number of halogens is 1. The maximum atomic E-state index is 12.9. The lowest BCUT2D eigenvalue weighted by Gasteiger charge is -2.34. The van der Waals surface area contributed by atoms with Gasteiger partial charge in [0.15, 0.2) is 0 Å². The van der Waals surface area contributed by atoms with Crippen LogP contribution in [0.5, 0.6) is 0 Å². The van der Waals surface area contributed by atoms with Crippen molar-refractivity contribution < 1.29 is 22.7 Å². The number of nitrogens with zero attached hydrogens (tertiary/aromatic N) is 1. The molecule has 8 heteroatoms. The second-order valence-electron chi connectivity index (χ2n) is 5.97. The molecule has 0 spiro atoms. The van der Waals surface area contributed by atoms with Crippen molar-refractivity contribution in [3.8, 4) is 0 Å². The summed E-state index contributed by atoms with van der Waals surface area (Å²) in [7, 11) is -3.77. The van der Waals surface area contributed by atoms with E-state index in [9.17, 15) is 17.9 Å². The quantitative estimate of drug-likeness (QED) is 0.823. The van der Waals surface area contributed by atoms with Crippen molar-refractivity contribution in [2.24, 2.45) is 0 Å². The Kier molecular flexibility index (Phi) is 4.98. The van der Waals surface area contributed by atoms with Crippen LogP contribution < -0.4 is 4.72 Å². The predicted molar refractivity (Wildman–Crippen MR) is 81.9 cm³/mol. The van der Waals surface area contributed by atoms with Crippen LogP contribution in [0.2, 0.25) is 0 Å². The highest BCUT2D eigenvalue weighted by Gasteiger charge is 2.40. The number of aliphatic hydroxyl groups excluding tert-OH is 1. The van der Waals surface area contributed by atoms with Crippen molar-refractivity contribution in [1.29, 1.82) is 0 Å². The van der Waals surface area contributed by atoms with Gasteiger partial charge in [0.1, 0.15) is 5.82 Å². The van der Waals surface area contributed by atoms with E-state index < -0.39 is 28.0 Å². The maximum absolute atomic E-state index is 12.9. The van der Waals surface area contributed by atoms with E-state index in [1.54, 1.807) is 0 Å². The average Bonchev–Trinajstić information content (AvgIpc) is 2.89. The summed E-state index contributed by atoms with van der Waals surface area (Å²) in [5.74, 6) is -0.489. The summed E-state index contributed by atoms with van der Waals surface area (Å²) in [4.78, 5) is 2.15. The molecule has 0 unspecified atom stereocenters. The van der Waals surface area contributed by atoms with Gasteiger partial charge < -0.3 is 9.84 Å². The summed E-state index contributed by atoms with van der Waals surface area (Å²) in [5.41, 5.74) is 0. The van der Waals surface area contributed by atoms with Gasteiger partial charge >= 0.3 is 0 Å². The minimum atomic E-state index is -3.77. The summed E-state index contributed by atoms with van der Waals surface area (Å²) < 4.78 is 45.5. The third kappa shape index (κ3) is 3.72. The molecular weight excluding hydrogens is 323 g/mol. The zero-order chi connectivity index (χ0) is 16.4. The molecule has 6 nitrogen and oxygen atoms in total. The van der Waals surface area contributed by atoms with E-state index in [1.807, 2.05) is 0 Å². The number of aliphatic hydroxyl groups is 1. The molecule has 1 aliphatic heterocycles. The number of hydrogen-bond donors (Lipinski definition) is 2. The first kappa shape index (κ1) is 16.8. The molecule has 2 N–H and O–H groups in total. The number of nitrogens with one attached hydrogen (secondary N) is 1. The molecule has 0 bridgehead atoms. The molecule has 2 aliphatic rings. The zero-order valence-corrected chi connectivity index (χ0v) is 13.5. The van der Waals surface area contributed by atoms with Crippen LogP contribution >= 0.6 is 0 Å². The Morgan fingerprint density at radius 3 is 2.48 bits per heavy atom. The summed E-state index contributed by atoms with van der Waals surface area (Å²) in [5, 5.41) is 10.5. The van der Waals surface area contributed by atoms with E-state index in [2.05, 4.69) is 9.62 Å². The van der Waals surface area contributed by atoms with E-state index in [0.29, 0.717) is 19.6 Å². The fraction of sp³-hybridized carbons (Fsp3) is 0.600. The maximum Gasteiger partial charge on any atom is 0.240 e. The number of rotatable bonds is 4. The van der Waals surface area contributed by atoms with Crippen molar-refractivity contribution in [2.45, 2.75) is 35.9 Å². The van der Waals surface area contributed by atoms with Crippen LogP contribution in [0.1, 0.15) is 12.8 Å². The standard InChI is InChI=1S/C15H21FN2O4S/c16-11-1-3-12(4-2-11)23(20,21)17-13-5-6-14(15(13)19)18-7-9-22-10-8-18/h1-4,13-15,17,19H,5-10H2/t13-,14-,15-/m1/s1. The first-order valence-electron chi connectivity index (χ1n) is 7.75. The second-order valence-corrected chi connectivity index (χ2v) is 7.68. The Hall–Kier alpha value is -1.06. The molecule has 23 heavy (non-hydrogen) atoms. The highest BCUT2D eigenvalue weighted by atomic mass is 32.2. The second kappa shape index (κ2) is 6.82. The Morgan fingerprint density at radius 2 is 1.83 bits per heavy atom. The summed E-state index contributed by atoms with van der Waals surface area (Å²) >= 11 is 0. The number of morpholine rings is 1. The van der Waals surface area contributed by atoms with Crippen LogP contribution in [0.15, 0.2) is 29.2 Å². The van der Waals surface area contributed by atoms with Crippen LogP contribution in [0.3, 0.4) is 0 Å². The number of benzene rings is 1. The van der Waals surface area contributed by atoms with Crippen molar-refractivity contribution in [2.75, 3.05) is 26.3 Å². The Morgan fingerprint density at radius 1 is 1.17 bits per heavy atom. The molecule has 0 radical (unpaired) electrons. The van der Waals surface area contributed by atoms with Crippen LogP contribution in [0, 0.1) is 5.82 Å². The van der Waals surface area contributed by atoms with Gasteiger partial charge in [-0.3, -0.25) is 4.90 Å². The minimum absolute atomic E-state index is 0.000854. The van der Waals surface area contributed by atoms with Gasteiger partial charge in [0, 0.05) is 25.2 Å². The molecule has 3 rings (SSSR count). The van der Waals surface area contributed by atoms with E-state index in [4.69, 9.17) is 4.74 Å². The summed E-state index contributed by atoms with van der Waals surface area (Å²) in [6, 6.07) is 4.07. The third-order valence-corrected chi connectivity index (χ3v) is 6.03. The lowest BCUT2D eigenvalue weighted by atomic mass is 10.1. The first-order valence-corrected chi connectivity index (χ1v) is 9.23. The Bertz CT molecular complexity index is 631. The van der Waals surface area contributed by atoms with Gasteiger partial charge in [0.05, 0.1) is 24.2 Å². The molecule has 1 aliphatic carbocycles. The topological polar surface area (TPSA) is 78.9 Å². The molecule has 0 aromatic heterocycles. The lowest BCUT2D eigenvalue weighted by molar-refractivity contribution is -0.0145. The number of sulfonamides is 1. The van der Waals surface area contributed by atoms with Crippen LogP contribution in [0.25, 0.3) is 0 Å². The molecule has 1 saturated heterocycles. The monoisotopic (exact) mass is 344 g/mol. The van der Waals surface area contributed by atoms with E-state index >= 15 is 0 Å². The SMILES string of the molecule is O=S(=O)(N[C@@H]1CC[C@@H](N2CCOCC2)[C@@H]1O)c1ccc(F)cc1. The van der Waals surface area contributed by atoms with E-state index in [1.165, 1.54) is 12.1 Å².